The van der Waals surface area contributed by atoms with Crippen LogP contribution in [0, 0.1) is 32.7 Å². The Balaban J connectivity index is 1.53. The van der Waals surface area contributed by atoms with Gasteiger partial charge >= 0.3 is 0 Å². The van der Waals surface area contributed by atoms with Gasteiger partial charge in [0.05, 0.1) is 19.3 Å². The molecule has 1 saturated heterocycles. The van der Waals surface area contributed by atoms with E-state index in [0.717, 1.165) is 15.6 Å². The predicted octanol–water partition coefficient (Wildman–Crippen LogP) is 2.95. The van der Waals surface area contributed by atoms with Gasteiger partial charge in [0, 0.05) is 15.5 Å². The summed E-state index contributed by atoms with van der Waals surface area (Å²) in [5.74, 6) is 1.12. The molecule has 3 saturated carbocycles. The van der Waals surface area contributed by atoms with Crippen molar-refractivity contribution in [3.05, 3.63) is 33.4 Å². The number of nitrogens with zero attached hydrogens (tertiary/aromatic N) is 1. The Hall–Kier alpha value is -0.740. The molecule has 3 aliphatic carbocycles. The zero-order valence-corrected chi connectivity index (χ0v) is 21.0. The summed E-state index contributed by atoms with van der Waals surface area (Å²) in [5.41, 5.74) is 1.39. The molecule has 0 aromatic heterocycles. The zero-order chi connectivity index (χ0) is 22.5. The van der Waals surface area contributed by atoms with Gasteiger partial charge in [-0.2, -0.15) is 5.06 Å². The monoisotopic (exact) mass is 542 g/mol. The molecule has 1 aliphatic heterocycles. The molecule has 172 valence electrons. The number of carbonyl (C=O) groups excluding carboxylic acids is 1. The average molecular weight is 542 g/mol. The van der Waals surface area contributed by atoms with Gasteiger partial charge < -0.3 is 15.5 Å². The maximum Gasteiger partial charge on any atom is 0.240 e. The number of hydroxylamine groups is 2. The molecule has 3 N–H and O–H groups in total. The summed E-state index contributed by atoms with van der Waals surface area (Å²) >= 11 is 2.27. The van der Waals surface area contributed by atoms with E-state index < -0.39 is 24.2 Å². The van der Waals surface area contributed by atoms with E-state index in [9.17, 15) is 15.0 Å². The summed E-state index contributed by atoms with van der Waals surface area (Å²) in [6, 6.07) is 7.56. The quantitative estimate of drug-likeness (QED) is 0.482. The summed E-state index contributed by atoms with van der Waals surface area (Å²) in [6.45, 7) is 8.82. The molecule has 6 nitrogen and oxygen atoms in total. The molecular formula is C24H35IN2O4. The lowest BCUT2D eigenvalue weighted by atomic mass is 9.45. The summed E-state index contributed by atoms with van der Waals surface area (Å²) in [5, 5.41) is 25.3. The lowest BCUT2D eigenvalue weighted by Gasteiger charge is -2.62. The first-order chi connectivity index (χ1) is 14.6. The van der Waals surface area contributed by atoms with E-state index in [1.54, 1.807) is 12.0 Å². The van der Waals surface area contributed by atoms with E-state index in [-0.39, 0.29) is 18.6 Å². The molecule has 0 spiro atoms. The number of aliphatic hydroxyl groups excluding tert-OH is 2. The number of carbonyl (C=O) groups is 1. The zero-order valence-electron chi connectivity index (χ0n) is 18.8. The third kappa shape index (κ3) is 4.28. The summed E-state index contributed by atoms with van der Waals surface area (Å²) < 4.78 is 1.11. The molecule has 8 atom stereocenters. The van der Waals surface area contributed by atoms with E-state index in [4.69, 9.17) is 4.84 Å². The van der Waals surface area contributed by atoms with Crippen molar-refractivity contribution in [2.75, 3.05) is 6.61 Å². The molecule has 1 aromatic carbocycles. The van der Waals surface area contributed by atoms with Gasteiger partial charge in [0.2, 0.25) is 5.91 Å². The van der Waals surface area contributed by atoms with Gasteiger partial charge in [0.15, 0.2) is 0 Å². The van der Waals surface area contributed by atoms with Crippen LogP contribution in [0.3, 0.4) is 0 Å². The second-order valence-corrected chi connectivity index (χ2v) is 11.6. The Bertz CT molecular complexity index is 817. The molecule has 7 heteroatoms. The van der Waals surface area contributed by atoms with Crippen molar-refractivity contribution in [2.24, 2.45) is 29.1 Å². The van der Waals surface area contributed by atoms with E-state index in [0.29, 0.717) is 29.7 Å². The Labute approximate surface area is 198 Å². The second-order valence-electron chi connectivity index (χ2n) is 10.4. The van der Waals surface area contributed by atoms with Gasteiger partial charge in [-0.25, -0.2) is 0 Å². The Kier molecular flexibility index (Phi) is 6.72. The topological polar surface area (TPSA) is 82.0 Å². The average Bonchev–Trinajstić information content (AvgIpc) is 3.07. The highest BCUT2D eigenvalue weighted by molar-refractivity contribution is 14.1. The van der Waals surface area contributed by atoms with Crippen molar-refractivity contribution in [3.63, 3.8) is 0 Å². The van der Waals surface area contributed by atoms with Crippen LogP contribution >= 0.6 is 22.6 Å². The van der Waals surface area contributed by atoms with Gasteiger partial charge in [-0.15, -0.1) is 0 Å². The minimum absolute atomic E-state index is 0.108. The normalized spacial score (nSPS) is 37.8. The number of benzene rings is 1. The molecule has 1 unspecified atom stereocenters. The Morgan fingerprint density at radius 2 is 2.13 bits per heavy atom. The summed E-state index contributed by atoms with van der Waals surface area (Å²) in [6.07, 6.45) is 0.887. The van der Waals surface area contributed by atoms with Crippen LogP contribution in [-0.4, -0.2) is 52.1 Å². The maximum absolute atomic E-state index is 13.6. The van der Waals surface area contributed by atoms with Crippen molar-refractivity contribution in [1.29, 1.82) is 0 Å². The van der Waals surface area contributed by atoms with E-state index in [1.807, 2.05) is 18.2 Å². The highest BCUT2D eigenvalue weighted by Crippen LogP contribution is 2.61. The van der Waals surface area contributed by atoms with Crippen molar-refractivity contribution >= 4 is 28.5 Å². The van der Waals surface area contributed by atoms with Crippen molar-refractivity contribution in [2.45, 2.75) is 71.4 Å². The standard InChI is InChI=1S/C24H35IN2O4/c1-13-18-9-16(24(18,3)4)10-19(13)26-23(30)22-21(14(2)29)20(12-28)31-27(22)11-15-6-5-7-17(25)8-15/h5-8,13-14,16,18-22,28-29H,9-12H2,1-4H3,(H,26,30)/t13-,14-,16?,18-,19-,20-,21+,22-/m0/s1. The lowest BCUT2D eigenvalue weighted by Crippen LogP contribution is -2.62. The number of hydrogen-bond acceptors (Lipinski definition) is 5. The van der Waals surface area contributed by atoms with Crippen molar-refractivity contribution in [3.8, 4) is 0 Å². The summed E-state index contributed by atoms with van der Waals surface area (Å²) in [7, 11) is 0. The van der Waals surface area contributed by atoms with Crippen LogP contribution in [0.1, 0.15) is 46.1 Å². The van der Waals surface area contributed by atoms with Crippen molar-refractivity contribution < 1.29 is 19.8 Å². The number of aliphatic hydroxyl groups is 2. The van der Waals surface area contributed by atoms with Crippen LogP contribution in [0.25, 0.3) is 0 Å². The van der Waals surface area contributed by atoms with Crippen LogP contribution in [0.4, 0.5) is 0 Å². The molecular weight excluding hydrogens is 507 g/mol. The molecule has 1 heterocycles. The molecule has 1 amide bonds. The minimum atomic E-state index is -0.773. The molecule has 1 aromatic rings. The highest BCUT2D eigenvalue weighted by Gasteiger charge is 2.57. The highest BCUT2D eigenvalue weighted by atomic mass is 127. The predicted molar refractivity (Wildman–Crippen MR) is 127 cm³/mol. The molecule has 31 heavy (non-hydrogen) atoms. The first-order valence-electron chi connectivity index (χ1n) is 11.4. The Morgan fingerprint density at radius 1 is 1.39 bits per heavy atom. The molecule has 0 radical (unpaired) electrons. The maximum atomic E-state index is 13.6. The van der Waals surface area contributed by atoms with Crippen molar-refractivity contribution in [1.82, 2.24) is 10.4 Å². The number of hydrogen-bond donors (Lipinski definition) is 3. The minimum Gasteiger partial charge on any atom is -0.394 e. The third-order valence-electron chi connectivity index (χ3n) is 8.29. The molecule has 4 aliphatic rings. The lowest BCUT2D eigenvalue weighted by molar-refractivity contribution is -0.183. The molecule has 4 fully saturated rings. The SMILES string of the molecule is C[C@@H]1[C@@H](NC(=O)[C@@H]2[C@H]([C@H](C)O)[C@H](CO)ON2Cc2cccc(I)c2)CC2C[C@@H]1C2(C)C. The van der Waals surface area contributed by atoms with E-state index in [1.165, 1.54) is 6.42 Å². The largest absolute Gasteiger partial charge is 0.394 e. The van der Waals surface area contributed by atoms with Crippen LogP contribution in [-0.2, 0) is 16.2 Å². The number of amides is 1. The van der Waals surface area contributed by atoms with Crippen LogP contribution in [0.5, 0.6) is 0 Å². The smallest absolute Gasteiger partial charge is 0.240 e. The number of halogens is 1. The van der Waals surface area contributed by atoms with Gasteiger partial charge in [0.25, 0.3) is 0 Å². The van der Waals surface area contributed by atoms with E-state index >= 15 is 0 Å². The van der Waals surface area contributed by atoms with E-state index in [2.05, 4.69) is 54.7 Å². The fraction of sp³-hybridized carbons (Fsp3) is 0.708. The fourth-order valence-corrected chi connectivity index (χ4v) is 6.91. The fourth-order valence-electron chi connectivity index (χ4n) is 6.30. The van der Waals surface area contributed by atoms with Crippen LogP contribution in [0.15, 0.2) is 24.3 Å². The molecule has 2 bridgehead atoms. The second kappa shape index (κ2) is 8.89. The van der Waals surface area contributed by atoms with Gasteiger partial charge in [0.1, 0.15) is 12.1 Å². The summed E-state index contributed by atoms with van der Waals surface area (Å²) in [4.78, 5) is 19.6. The van der Waals surface area contributed by atoms with Crippen LogP contribution in [0.2, 0.25) is 0 Å². The first kappa shape index (κ1) is 23.4. The van der Waals surface area contributed by atoms with Crippen LogP contribution < -0.4 is 5.32 Å². The Morgan fingerprint density at radius 3 is 2.71 bits per heavy atom. The first-order valence-corrected chi connectivity index (χ1v) is 12.5. The van der Waals surface area contributed by atoms with Gasteiger partial charge in [-0.05, 0) is 83.2 Å². The number of fused-ring (bicyclic) bond motifs is 2. The molecule has 5 rings (SSSR count). The third-order valence-corrected chi connectivity index (χ3v) is 8.96. The number of nitrogens with one attached hydrogen (secondary N) is 1. The number of rotatable bonds is 6. The van der Waals surface area contributed by atoms with Gasteiger partial charge in [-0.3, -0.25) is 9.63 Å². The van der Waals surface area contributed by atoms with Gasteiger partial charge in [-0.1, -0.05) is 32.9 Å².